The number of carbonyl (C=O) groups is 1. The summed E-state index contributed by atoms with van der Waals surface area (Å²) in [6.07, 6.45) is 2.18. The van der Waals surface area contributed by atoms with E-state index in [0.717, 1.165) is 10.1 Å². The first-order valence-corrected chi connectivity index (χ1v) is 9.41. The van der Waals surface area contributed by atoms with E-state index in [1.165, 1.54) is 17.7 Å². The van der Waals surface area contributed by atoms with Gasteiger partial charge >= 0.3 is 0 Å². The molecule has 1 amide bonds. The van der Waals surface area contributed by atoms with Crippen LogP contribution in [0.3, 0.4) is 0 Å². The summed E-state index contributed by atoms with van der Waals surface area (Å²) in [6, 6.07) is 9.86. The molecule has 134 valence electrons. The molecule has 26 heavy (non-hydrogen) atoms. The number of carbonyl (C=O) groups excluding carboxylic acids is 1. The molecule has 0 saturated carbocycles. The number of benzene rings is 1. The van der Waals surface area contributed by atoms with Crippen molar-refractivity contribution < 1.29 is 13.9 Å². The predicted molar refractivity (Wildman–Crippen MR) is 98.1 cm³/mol. The van der Waals surface area contributed by atoms with Gasteiger partial charge in [-0.3, -0.25) is 4.79 Å². The van der Waals surface area contributed by atoms with E-state index in [4.69, 9.17) is 4.74 Å². The molecule has 3 heterocycles. The van der Waals surface area contributed by atoms with Gasteiger partial charge in [0.1, 0.15) is 12.4 Å². The number of hydrogen-bond acceptors (Lipinski definition) is 5. The van der Waals surface area contributed by atoms with Crippen molar-refractivity contribution in [2.24, 2.45) is 0 Å². The standard InChI is InChI=1S/C19H18FN3O2S/c1-2-14-17(20)18(22-11-21-14)25-13-7-8-23(10-13)19(24)16-9-12-5-3-4-6-15(12)26-16/h3-6,9,11,13H,2,7-8,10H2,1H3. The van der Waals surface area contributed by atoms with Gasteiger partial charge in [0.2, 0.25) is 5.82 Å². The van der Waals surface area contributed by atoms with Crippen LogP contribution in [0.25, 0.3) is 10.1 Å². The molecule has 1 saturated heterocycles. The molecule has 1 atom stereocenters. The van der Waals surface area contributed by atoms with Crippen molar-refractivity contribution in [3.05, 3.63) is 53.0 Å². The third-order valence-electron chi connectivity index (χ3n) is 4.51. The summed E-state index contributed by atoms with van der Waals surface area (Å²) < 4.78 is 21.0. The molecule has 7 heteroatoms. The lowest BCUT2D eigenvalue weighted by Crippen LogP contribution is -2.30. The third kappa shape index (κ3) is 3.14. The molecule has 1 unspecified atom stereocenters. The molecule has 5 nitrogen and oxygen atoms in total. The molecule has 1 aliphatic heterocycles. The van der Waals surface area contributed by atoms with Gasteiger partial charge in [-0.15, -0.1) is 11.3 Å². The zero-order chi connectivity index (χ0) is 18.1. The zero-order valence-electron chi connectivity index (χ0n) is 14.3. The van der Waals surface area contributed by atoms with E-state index in [1.54, 1.807) is 4.90 Å². The average Bonchev–Trinajstić information content (AvgIpc) is 3.29. The summed E-state index contributed by atoms with van der Waals surface area (Å²) in [7, 11) is 0. The van der Waals surface area contributed by atoms with Crippen LogP contribution < -0.4 is 4.74 Å². The molecule has 4 rings (SSSR count). The number of ether oxygens (including phenoxy) is 1. The van der Waals surface area contributed by atoms with Crippen LogP contribution >= 0.6 is 11.3 Å². The molecular formula is C19H18FN3O2S. The molecule has 0 N–H and O–H groups in total. The zero-order valence-corrected chi connectivity index (χ0v) is 15.1. The van der Waals surface area contributed by atoms with E-state index in [-0.39, 0.29) is 17.9 Å². The number of amides is 1. The number of aromatic nitrogens is 2. The number of aryl methyl sites for hydroxylation is 1. The van der Waals surface area contributed by atoms with Gasteiger partial charge in [-0.25, -0.2) is 4.98 Å². The van der Waals surface area contributed by atoms with Crippen LogP contribution in [-0.4, -0.2) is 40.0 Å². The summed E-state index contributed by atoms with van der Waals surface area (Å²) >= 11 is 1.49. The normalized spacial score (nSPS) is 17.0. The lowest BCUT2D eigenvalue weighted by Gasteiger charge is -2.16. The van der Waals surface area contributed by atoms with E-state index < -0.39 is 5.82 Å². The quantitative estimate of drug-likeness (QED) is 0.702. The van der Waals surface area contributed by atoms with Gasteiger partial charge in [-0.05, 0) is 23.9 Å². The lowest BCUT2D eigenvalue weighted by molar-refractivity contribution is 0.0774. The minimum atomic E-state index is -0.510. The third-order valence-corrected chi connectivity index (χ3v) is 5.62. The number of halogens is 1. The smallest absolute Gasteiger partial charge is 0.264 e. The Morgan fingerprint density at radius 3 is 3.04 bits per heavy atom. The molecule has 0 aliphatic carbocycles. The number of fused-ring (bicyclic) bond motifs is 1. The highest BCUT2D eigenvalue weighted by molar-refractivity contribution is 7.20. The van der Waals surface area contributed by atoms with Crippen molar-refractivity contribution in [3.63, 3.8) is 0 Å². The molecule has 1 aliphatic rings. The van der Waals surface area contributed by atoms with Crippen molar-refractivity contribution in [2.45, 2.75) is 25.9 Å². The fourth-order valence-electron chi connectivity index (χ4n) is 3.13. The lowest BCUT2D eigenvalue weighted by atomic mass is 10.2. The van der Waals surface area contributed by atoms with E-state index >= 15 is 0 Å². The molecule has 0 radical (unpaired) electrons. The van der Waals surface area contributed by atoms with Gasteiger partial charge < -0.3 is 9.64 Å². The highest BCUT2D eigenvalue weighted by Crippen LogP contribution is 2.28. The first-order valence-electron chi connectivity index (χ1n) is 8.59. The van der Waals surface area contributed by atoms with E-state index in [1.807, 2.05) is 37.3 Å². The Labute approximate surface area is 154 Å². The maximum absolute atomic E-state index is 14.2. The number of rotatable bonds is 4. The Morgan fingerprint density at radius 2 is 2.23 bits per heavy atom. The highest BCUT2D eigenvalue weighted by atomic mass is 32.1. The second kappa shape index (κ2) is 6.99. The number of thiophene rings is 1. The SMILES string of the molecule is CCc1ncnc(OC2CCN(C(=O)c3cc4ccccc4s3)C2)c1F. The maximum atomic E-state index is 14.2. The second-order valence-corrected chi connectivity index (χ2v) is 7.31. The van der Waals surface area contributed by atoms with Crippen LogP contribution in [0.5, 0.6) is 5.88 Å². The molecule has 3 aromatic rings. The first-order chi connectivity index (χ1) is 12.7. The summed E-state index contributed by atoms with van der Waals surface area (Å²) in [5.41, 5.74) is 0.339. The Morgan fingerprint density at radius 1 is 1.38 bits per heavy atom. The van der Waals surface area contributed by atoms with Gasteiger partial charge in [0.15, 0.2) is 0 Å². The Bertz CT molecular complexity index is 926. The number of nitrogens with zero attached hydrogens (tertiary/aromatic N) is 3. The van der Waals surface area contributed by atoms with Gasteiger partial charge in [0, 0.05) is 17.7 Å². The monoisotopic (exact) mass is 371 g/mol. The van der Waals surface area contributed by atoms with Crippen molar-refractivity contribution in [2.75, 3.05) is 13.1 Å². The average molecular weight is 371 g/mol. The van der Waals surface area contributed by atoms with Crippen LogP contribution in [0.15, 0.2) is 36.7 Å². The Balaban J connectivity index is 1.45. The minimum absolute atomic E-state index is 0.00490. The van der Waals surface area contributed by atoms with Crippen LogP contribution in [0.1, 0.15) is 28.7 Å². The molecule has 0 bridgehead atoms. The Hall–Kier alpha value is -2.54. The van der Waals surface area contributed by atoms with Crippen molar-refractivity contribution in [1.29, 1.82) is 0 Å². The summed E-state index contributed by atoms with van der Waals surface area (Å²) in [4.78, 5) is 23.0. The topological polar surface area (TPSA) is 55.3 Å². The van der Waals surface area contributed by atoms with Gasteiger partial charge in [-0.1, -0.05) is 25.1 Å². The molecule has 1 aromatic carbocycles. The first kappa shape index (κ1) is 16.9. The Kier molecular flexibility index (Phi) is 4.55. The van der Waals surface area contributed by atoms with Crippen LogP contribution in [-0.2, 0) is 6.42 Å². The largest absolute Gasteiger partial charge is 0.470 e. The highest BCUT2D eigenvalue weighted by Gasteiger charge is 2.30. The summed E-state index contributed by atoms with van der Waals surface area (Å²) in [5, 5.41) is 1.07. The van der Waals surface area contributed by atoms with E-state index in [2.05, 4.69) is 9.97 Å². The van der Waals surface area contributed by atoms with Gasteiger partial charge in [-0.2, -0.15) is 9.37 Å². The van der Waals surface area contributed by atoms with Crippen molar-refractivity contribution in [1.82, 2.24) is 14.9 Å². The number of hydrogen-bond donors (Lipinski definition) is 0. The summed E-state index contributed by atoms with van der Waals surface area (Å²) in [5.74, 6) is -0.544. The molecule has 2 aromatic heterocycles. The van der Waals surface area contributed by atoms with Crippen LogP contribution in [0.4, 0.5) is 4.39 Å². The predicted octanol–water partition coefficient (Wildman–Crippen LogP) is 3.69. The van der Waals surface area contributed by atoms with Gasteiger partial charge in [0.25, 0.3) is 11.8 Å². The maximum Gasteiger partial charge on any atom is 0.264 e. The van der Waals surface area contributed by atoms with Crippen molar-refractivity contribution >= 4 is 27.3 Å². The summed E-state index contributed by atoms with van der Waals surface area (Å²) in [6.45, 7) is 2.85. The fraction of sp³-hybridized carbons (Fsp3) is 0.316. The van der Waals surface area contributed by atoms with Crippen LogP contribution in [0, 0.1) is 5.82 Å². The molecule has 0 spiro atoms. The van der Waals surface area contributed by atoms with E-state index in [0.29, 0.717) is 36.5 Å². The minimum Gasteiger partial charge on any atom is -0.470 e. The molecule has 1 fully saturated rings. The van der Waals surface area contributed by atoms with Crippen LogP contribution in [0.2, 0.25) is 0 Å². The molecular weight excluding hydrogens is 353 g/mol. The van der Waals surface area contributed by atoms with E-state index in [9.17, 15) is 9.18 Å². The number of likely N-dealkylation sites (tertiary alicyclic amines) is 1. The van der Waals surface area contributed by atoms with Crippen molar-refractivity contribution in [3.8, 4) is 5.88 Å². The fourth-order valence-corrected chi connectivity index (χ4v) is 4.16. The van der Waals surface area contributed by atoms with Gasteiger partial charge in [0.05, 0.1) is 17.1 Å². The second-order valence-electron chi connectivity index (χ2n) is 6.22.